The van der Waals surface area contributed by atoms with Gasteiger partial charge in [-0.15, -0.1) is 11.3 Å². The van der Waals surface area contributed by atoms with Crippen molar-refractivity contribution in [3.8, 4) is 0 Å². The summed E-state index contributed by atoms with van der Waals surface area (Å²) in [5.41, 5.74) is 1.14. The van der Waals surface area contributed by atoms with Gasteiger partial charge in [0, 0.05) is 23.1 Å². The SMILES string of the molecule is O=S(=O)(NCCSCc1cccc(Cl)c1)c1cccs1. The molecule has 108 valence electrons. The third-order valence-electron chi connectivity index (χ3n) is 2.46. The molecule has 0 unspecified atom stereocenters. The molecule has 2 aromatic rings. The lowest BCUT2D eigenvalue weighted by Gasteiger charge is -2.05. The summed E-state index contributed by atoms with van der Waals surface area (Å²) in [5.74, 6) is 1.54. The Kier molecular flexibility index (Phi) is 5.92. The summed E-state index contributed by atoms with van der Waals surface area (Å²) in [6.45, 7) is 0.422. The fourth-order valence-corrected chi connectivity index (χ4v) is 4.77. The second-order valence-corrected chi connectivity index (χ2v) is 8.50. The van der Waals surface area contributed by atoms with Crippen LogP contribution in [-0.2, 0) is 15.8 Å². The zero-order valence-corrected chi connectivity index (χ0v) is 13.8. The fourth-order valence-electron chi connectivity index (χ4n) is 1.55. The van der Waals surface area contributed by atoms with Gasteiger partial charge in [0.05, 0.1) is 0 Å². The Hall–Kier alpha value is -0.530. The average molecular weight is 348 g/mol. The Morgan fingerprint density at radius 1 is 1.25 bits per heavy atom. The maximum absolute atomic E-state index is 11.8. The van der Waals surface area contributed by atoms with Gasteiger partial charge in [0.2, 0.25) is 10.0 Å². The van der Waals surface area contributed by atoms with Crippen molar-refractivity contribution in [3.63, 3.8) is 0 Å². The van der Waals surface area contributed by atoms with Crippen molar-refractivity contribution in [1.29, 1.82) is 0 Å². The van der Waals surface area contributed by atoms with Crippen LogP contribution < -0.4 is 4.72 Å². The third kappa shape index (κ3) is 4.79. The van der Waals surface area contributed by atoms with Crippen LogP contribution in [0.25, 0.3) is 0 Å². The third-order valence-corrected chi connectivity index (χ3v) is 6.58. The molecule has 7 heteroatoms. The molecule has 2 rings (SSSR count). The molecule has 0 bridgehead atoms. The largest absolute Gasteiger partial charge is 0.250 e. The molecular weight excluding hydrogens is 334 g/mol. The minimum absolute atomic E-state index is 0.359. The van der Waals surface area contributed by atoms with Crippen LogP contribution in [0.4, 0.5) is 0 Å². The van der Waals surface area contributed by atoms with Crippen molar-refractivity contribution >= 4 is 44.7 Å². The Morgan fingerprint density at radius 3 is 2.80 bits per heavy atom. The molecule has 20 heavy (non-hydrogen) atoms. The second kappa shape index (κ2) is 7.47. The second-order valence-electron chi connectivity index (χ2n) is 4.01. The topological polar surface area (TPSA) is 46.2 Å². The molecule has 0 fully saturated rings. The minimum atomic E-state index is -3.33. The smallest absolute Gasteiger partial charge is 0.210 e. The molecule has 0 spiro atoms. The van der Waals surface area contributed by atoms with Gasteiger partial charge < -0.3 is 0 Å². The Labute approximate surface area is 132 Å². The van der Waals surface area contributed by atoms with E-state index in [-0.39, 0.29) is 0 Å². The predicted octanol–water partition coefficient (Wildman–Crippen LogP) is 3.61. The first-order valence-electron chi connectivity index (χ1n) is 5.93. The van der Waals surface area contributed by atoms with E-state index < -0.39 is 10.0 Å². The number of hydrogen-bond donors (Lipinski definition) is 1. The van der Waals surface area contributed by atoms with Crippen molar-refractivity contribution in [1.82, 2.24) is 4.72 Å². The summed E-state index contributed by atoms with van der Waals surface area (Å²) in [7, 11) is -3.33. The zero-order valence-electron chi connectivity index (χ0n) is 10.6. The Morgan fingerprint density at radius 2 is 2.10 bits per heavy atom. The molecule has 0 aliphatic rings. The van der Waals surface area contributed by atoms with E-state index in [1.165, 1.54) is 11.3 Å². The summed E-state index contributed by atoms with van der Waals surface area (Å²) in [4.78, 5) is 0. The molecule has 1 aromatic carbocycles. The number of hydrogen-bond acceptors (Lipinski definition) is 4. The molecule has 0 amide bonds. The Balaban J connectivity index is 1.72. The average Bonchev–Trinajstić information content (AvgIpc) is 2.93. The highest BCUT2D eigenvalue weighted by Gasteiger charge is 2.13. The highest BCUT2D eigenvalue weighted by Crippen LogP contribution is 2.17. The van der Waals surface area contributed by atoms with Crippen molar-refractivity contribution in [2.45, 2.75) is 9.96 Å². The van der Waals surface area contributed by atoms with E-state index >= 15 is 0 Å². The summed E-state index contributed by atoms with van der Waals surface area (Å²) < 4.78 is 26.6. The number of sulfonamides is 1. The quantitative estimate of drug-likeness (QED) is 0.778. The van der Waals surface area contributed by atoms with Crippen LogP contribution in [0.15, 0.2) is 46.0 Å². The van der Waals surface area contributed by atoms with E-state index in [1.807, 2.05) is 24.3 Å². The van der Waals surface area contributed by atoms with Gasteiger partial charge in [0.25, 0.3) is 0 Å². The molecule has 0 saturated heterocycles. The van der Waals surface area contributed by atoms with Gasteiger partial charge >= 0.3 is 0 Å². The van der Waals surface area contributed by atoms with E-state index in [1.54, 1.807) is 29.3 Å². The lowest BCUT2D eigenvalue weighted by molar-refractivity contribution is 0.586. The number of nitrogens with one attached hydrogen (secondary N) is 1. The zero-order chi connectivity index (χ0) is 14.4. The Bertz CT molecular complexity index is 641. The lowest BCUT2D eigenvalue weighted by atomic mass is 10.2. The number of thiophene rings is 1. The molecule has 0 aliphatic heterocycles. The predicted molar refractivity (Wildman–Crippen MR) is 87.1 cm³/mol. The summed E-state index contributed by atoms with van der Waals surface area (Å²) in [6, 6.07) is 11.0. The standard InChI is InChI=1S/C13H14ClNO2S3/c14-12-4-1-3-11(9-12)10-18-8-6-15-20(16,17)13-5-2-7-19-13/h1-5,7,9,15H,6,8,10H2. The van der Waals surface area contributed by atoms with Crippen LogP contribution in [0.2, 0.25) is 5.02 Å². The van der Waals surface area contributed by atoms with Crippen LogP contribution >= 0.6 is 34.7 Å². The number of benzene rings is 1. The van der Waals surface area contributed by atoms with E-state index in [2.05, 4.69) is 4.72 Å². The molecule has 0 atom stereocenters. The number of halogens is 1. The first-order chi connectivity index (χ1) is 9.58. The van der Waals surface area contributed by atoms with Gasteiger partial charge in [-0.1, -0.05) is 29.8 Å². The van der Waals surface area contributed by atoms with Crippen LogP contribution in [-0.4, -0.2) is 20.7 Å². The van der Waals surface area contributed by atoms with Crippen molar-refractivity contribution in [2.75, 3.05) is 12.3 Å². The highest BCUT2D eigenvalue weighted by molar-refractivity contribution is 7.98. The van der Waals surface area contributed by atoms with Gasteiger partial charge in [0.15, 0.2) is 0 Å². The number of rotatable bonds is 7. The van der Waals surface area contributed by atoms with Gasteiger partial charge in [-0.05, 0) is 29.1 Å². The minimum Gasteiger partial charge on any atom is -0.210 e. The van der Waals surface area contributed by atoms with Gasteiger partial charge in [-0.2, -0.15) is 11.8 Å². The van der Waals surface area contributed by atoms with Crippen molar-refractivity contribution in [3.05, 3.63) is 52.4 Å². The van der Waals surface area contributed by atoms with Gasteiger partial charge in [0.1, 0.15) is 4.21 Å². The highest BCUT2D eigenvalue weighted by atomic mass is 35.5. The molecule has 3 nitrogen and oxygen atoms in total. The van der Waals surface area contributed by atoms with E-state index in [0.717, 1.165) is 22.1 Å². The summed E-state index contributed by atoms with van der Waals surface area (Å²) in [5, 5.41) is 2.48. The summed E-state index contributed by atoms with van der Waals surface area (Å²) >= 11 is 8.79. The van der Waals surface area contributed by atoms with Gasteiger partial charge in [-0.3, -0.25) is 0 Å². The number of thioether (sulfide) groups is 1. The first kappa shape index (κ1) is 15.9. The molecule has 1 aromatic heterocycles. The van der Waals surface area contributed by atoms with E-state index in [9.17, 15) is 8.42 Å². The van der Waals surface area contributed by atoms with Crippen LogP contribution in [0.1, 0.15) is 5.56 Å². The van der Waals surface area contributed by atoms with Crippen LogP contribution in [0.3, 0.4) is 0 Å². The molecule has 1 heterocycles. The van der Waals surface area contributed by atoms with Crippen LogP contribution in [0, 0.1) is 0 Å². The normalized spacial score (nSPS) is 11.7. The van der Waals surface area contributed by atoms with Crippen molar-refractivity contribution in [2.24, 2.45) is 0 Å². The first-order valence-corrected chi connectivity index (χ1v) is 9.83. The van der Waals surface area contributed by atoms with E-state index in [0.29, 0.717) is 10.8 Å². The molecule has 1 N–H and O–H groups in total. The van der Waals surface area contributed by atoms with Crippen molar-refractivity contribution < 1.29 is 8.42 Å². The molecule has 0 aliphatic carbocycles. The van der Waals surface area contributed by atoms with Crippen LogP contribution in [0.5, 0.6) is 0 Å². The summed E-state index contributed by atoms with van der Waals surface area (Å²) in [6.07, 6.45) is 0. The lowest BCUT2D eigenvalue weighted by Crippen LogP contribution is -2.25. The molecule has 0 saturated carbocycles. The van der Waals surface area contributed by atoms with Gasteiger partial charge in [-0.25, -0.2) is 13.1 Å². The fraction of sp³-hybridized carbons (Fsp3) is 0.231. The maximum Gasteiger partial charge on any atom is 0.250 e. The molecular formula is C13H14ClNO2S3. The monoisotopic (exact) mass is 347 g/mol. The van der Waals surface area contributed by atoms with E-state index in [4.69, 9.17) is 11.6 Å². The maximum atomic E-state index is 11.8. The molecule has 0 radical (unpaired) electrons.